The van der Waals surface area contributed by atoms with Crippen molar-refractivity contribution in [1.82, 2.24) is 25.7 Å². The average Bonchev–Trinajstić information content (AvgIpc) is 3.34. The molecule has 3 aromatic rings. The lowest BCUT2D eigenvalue weighted by Gasteiger charge is -2.05. The van der Waals surface area contributed by atoms with E-state index in [0.29, 0.717) is 23.1 Å². The Morgan fingerprint density at radius 3 is 2.54 bits per heavy atom. The topological polar surface area (TPSA) is 119 Å². The van der Waals surface area contributed by atoms with Crippen LogP contribution < -0.4 is 15.4 Å². The van der Waals surface area contributed by atoms with Crippen LogP contribution in [0.3, 0.4) is 0 Å². The fourth-order valence-electron chi connectivity index (χ4n) is 2.20. The Morgan fingerprint density at radius 2 is 1.86 bits per heavy atom. The van der Waals surface area contributed by atoms with Crippen molar-refractivity contribution in [3.8, 4) is 5.75 Å². The van der Waals surface area contributed by atoms with Crippen molar-refractivity contribution < 1.29 is 14.3 Å². The molecule has 0 saturated carbocycles. The van der Waals surface area contributed by atoms with E-state index < -0.39 is 0 Å². The van der Waals surface area contributed by atoms with E-state index in [9.17, 15) is 9.59 Å². The summed E-state index contributed by atoms with van der Waals surface area (Å²) in [6.45, 7) is 2.24. The molecule has 2 N–H and O–H groups in total. The molecule has 9 nitrogen and oxygen atoms in total. The summed E-state index contributed by atoms with van der Waals surface area (Å²) >= 11 is 2.44. The van der Waals surface area contributed by atoms with E-state index >= 15 is 0 Å². The third kappa shape index (κ3) is 5.54. The molecule has 0 aliphatic heterocycles. The second-order valence-electron chi connectivity index (χ2n) is 5.71. The number of carbonyl (C=O) groups excluding carboxylic acids is 2. The molecule has 0 spiro atoms. The molecular formula is C17H18N6O3S2. The van der Waals surface area contributed by atoms with E-state index in [1.165, 1.54) is 11.3 Å². The number of hydrogen-bond donors (Lipinski definition) is 2. The number of methoxy groups -OCH3 is 1. The quantitative estimate of drug-likeness (QED) is 0.575. The normalized spacial score (nSPS) is 10.5. The van der Waals surface area contributed by atoms with Gasteiger partial charge in [0.25, 0.3) is 5.91 Å². The van der Waals surface area contributed by atoms with E-state index in [-0.39, 0.29) is 23.2 Å². The molecule has 0 aliphatic carbocycles. The van der Waals surface area contributed by atoms with Crippen molar-refractivity contribution in [2.75, 3.05) is 12.4 Å². The van der Waals surface area contributed by atoms with Gasteiger partial charge in [0.1, 0.15) is 15.8 Å². The lowest BCUT2D eigenvalue weighted by atomic mass is 10.2. The molecule has 0 unspecified atom stereocenters. The number of anilines is 1. The van der Waals surface area contributed by atoms with Gasteiger partial charge < -0.3 is 10.1 Å². The van der Waals surface area contributed by atoms with E-state index in [1.807, 2.05) is 24.3 Å². The molecular weight excluding hydrogens is 400 g/mol. The van der Waals surface area contributed by atoms with Crippen LogP contribution in [0.5, 0.6) is 5.75 Å². The number of benzene rings is 1. The van der Waals surface area contributed by atoms with Gasteiger partial charge in [0.05, 0.1) is 7.11 Å². The lowest BCUT2D eigenvalue weighted by Crippen LogP contribution is -2.22. The second-order valence-corrected chi connectivity index (χ2v) is 7.95. The summed E-state index contributed by atoms with van der Waals surface area (Å²) in [6.07, 6.45) is 0.680. The largest absolute Gasteiger partial charge is 0.497 e. The molecule has 146 valence electrons. The predicted octanol–water partition coefficient (Wildman–Crippen LogP) is 2.21. The summed E-state index contributed by atoms with van der Waals surface area (Å²) < 4.78 is 5.10. The zero-order valence-electron chi connectivity index (χ0n) is 15.3. The first-order valence-corrected chi connectivity index (χ1v) is 10.0. The number of amides is 2. The molecule has 2 aromatic heterocycles. The molecule has 28 heavy (non-hydrogen) atoms. The molecule has 0 radical (unpaired) electrons. The zero-order chi connectivity index (χ0) is 19.9. The smallest absolute Gasteiger partial charge is 0.288 e. The van der Waals surface area contributed by atoms with Crippen LogP contribution in [0.25, 0.3) is 0 Å². The fraction of sp³-hybridized carbons (Fsp3) is 0.294. The maximum Gasteiger partial charge on any atom is 0.288 e. The van der Waals surface area contributed by atoms with Crippen molar-refractivity contribution in [3.05, 3.63) is 44.9 Å². The minimum absolute atomic E-state index is 0.0960. The standard InChI is InChI=1S/C17H18N6O3S2/c1-10-20-23-17(27-10)19-15(25)16-22-21-14(28-16)8-7-13(24)18-9-11-3-5-12(26-2)6-4-11/h3-6H,7-9H2,1-2H3,(H,18,24)(H,19,23,25). The molecule has 1 aromatic carbocycles. The maximum absolute atomic E-state index is 12.1. The van der Waals surface area contributed by atoms with Crippen LogP contribution in [-0.2, 0) is 17.8 Å². The molecule has 11 heteroatoms. The van der Waals surface area contributed by atoms with Crippen LogP contribution in [0.15, 0.2) is 24.3 Å². The van der Waals surface area contributed by atoms with Crippen LogP contribution in [0.2, 0.25) is 0 Å². The number of rotatable bonds is 8. The Labute approximate surface area is 169 Å². The third-order valence-corrected chi connectivity index (χ3v) is 5.36. The van der Waals surface area contributed by atoms with Gasteiger partial charge in [0.2, 0.25) is 16.0 Å². The highest BCUT2D eigenvalue weighted by Crippen LogP contribution is 2.17. The number of nitrogens with zero attached hydrogens (tertiary/aromatic N) is 4. The van der Waals surface area contributed by atoms with Gasteiger partial charge >= 0.3 is 0 Å². The summed E-state index contributed by atoms with van der Waals surface area (Å²) in [4.78, 5) is 24.2. The minimum atomic E-state index is -0.385. The summed E-state index contributed by atoms with van der Waals surface area (Å²) in [5.74, 6) is 0.289. The molecule has 0 fully saturated rings. The van der Waals surface area contributed by atoms with Crippen molar-refractivity contribution in [1.29, 1.82) is 0 Å². The van der Waals surface area contributed by atoms with Gasteiger partial charge in [-0.1, -0.05) is 34.8 Å². The summed E-state index contributed by atoms with van der Waals surface area (Å²) in [5.41, 5.74) is 0.982. The first-order valence-electron chi connectivity index (χ1n) is 8.37. The first-order chi connectivity index (χ1) is 13.5. The van der Waals surface area contributed by atoms with Crippen molar-refractivity contribution in [2.24, 2.45) is 0 Å². The number of ether oxygens (including phenoxy) is 1. The van der Waals surface area contributed by atoms with E-state index in [2.05, 4.69) is 31.0 Å². The van der Waals surface area contributed by atoms with Gasteiger partial charge in [0, 0.05) is 19.4 Å². The van der Waals surface area contributed by atoms with Gasteiger partial charge in [-0.05, 0) is 24.6 Å². The van der Waals surface area contributed by atoms with Gasteiger partial charge in [-0.3, -0.25) is 14.9 Å². The van der Waals surface area contributed by atoms with E-state index in [4.69, 9.17) is 4.74 Å². The summed E-state index contributed by atoms with van der Waals surface area (Å²) in [6, 6.07) is 7.49. The van der Waals surface area contributed by atoms with E-state index in [0.717, 1.165) is 27.7 Å². The van der Waals surface area contributed by atoms with Gasteiger partial charge in [0.15, 0.2) is 0 Å². The van der Waals surface area contributed by atoms with Crippen LogP contribution in [0, 0.1) is 6.92 Å². The van der Waals surface area contributed by atoms with Gasteiger partial charge in [-0.15, -0.1) is 20.4 Å². The van der Waals surface area contributed by atoms with Crippen molar-refractivity contribution in [2.45, 2.75) is 26.3 Å². The molecule has 0 aliphatic rings. The number of hydrogen-bond acceptors (Lipinski definition) is 9. The second kappa shape index (κ2) is 9.33. The molecule has 0 atom stereocenters. The Morgan fingerprint density at radius 1 is 1.07 bits per heavy atom. The highest BCUT2D eigenvalue weighted by Gasteiger charge is 2.15. The van der Waals surface area contributed by atoms with Crippen molar-refractivity contribution in [3.63, 3.8) is 0 Å². The summed E-state index contributed by atoms with van der Waals surface area (Å²) in [5, 5.41) is 23.0. The molecule has 0 bridgehead atoms. The summed E-state index contributed by atoms with van der Waals surface area (Å²) in [7, 11) is 1.61. The Bertz CT molecular complexity index is 954. The van der Waals surface area contributed by atoms with E-state index in [1.54, 1.807) is 14.0 Å². The monoisotopic (exact) mass is 418 g/mol. The minimum Gasteiger partial charge on any atom is -0.497 e. The lowest BCUT2D eigenvalue weighted by molar-refractivity contribution is -0.121. The Kier molecular flexibility index (Phi) is 6.61. The SMILES string of the molecule is COc1ccc(CNC(=O)CCc2nnc(C(=O)Nc3nnc(C)s3)s2)cc1. The van der Waals surface area contributed by atoms with Crippen molar-refractivity contribution >= 4 is 39.6 Å². The average molecular weight is 419 g/mol. The highest BCUT2D eigenvalue weighted by molar-refractivity contribution is 7.15. The number of carbonyl (C=O) groups is 2. The first kappa shape index (κ1) is 19.8. The Balaban J connectivity index is 1.44. The van der Waals surface area contributed by atoms with Crippen LogP contribution in [0.1, 0.15) is 31.8 Å². The number of aryl methyl sites for hydroxylation is 2. The molecule has 2 heterocycles. The van der Waals surface area contributed by atoms with Crippen LogP contribution in [0.4, 0.5) is 5.13 Å². The van der Waals surface area contributed by atoms with Crippen LogP contribution >= 0.6 is 22.7 Å². The maximum atomic E-state index is 12.1. The fourth-order valence-corrected chi connectivity index (χ4v) is 3.52. The number of aromatic nitrogens is 4. The van der Waals surface area contributed by atoms with Gasteiger partial charge in [-0.25, -0.2) is 0 Å². The van der Waals surface area contributed by atoms with Gasteiger partial charge in [-0.2, -0.15) is 0 Å². The third-order valence-electron chi connectivity index (χ3n) is 3.62. The molecule has 0 saturated heterocycles. The number of nitrogens with one attached hydrogen (secondary N) is 2. The Hall–Kier alpha value is -2.92. The molecule has 2 amide bonds. The van der Waals surface area contributed by atoms with Crippen LogP contribution in [-0.4, -0.2) is 39.3 Å². The molecule has 3 rings (SSSR count). The highest BCUT2D eigenvalue weighted by atomic mass is 32.1. The predicted molar refractivity (Wildman–Crippen MR) is 106 cm³/mol. The zero-order valence-corrected chi connectivity index (χ0v) is 16.9.